The number of carbonyl (C=O) groups excluding carboxylic acids is 2. The van der Waals surface area contributed by atoms with Crippen LogP contribution in [0.3, 0.4) is 0 Å². The highest BCUT2D eigenvalue weighted by Crippen LogP contribution is 2.24. The zero-order valence-corrected chi connectivity index (χ0v) is 19.8. The van der Waals surface area contributed by atoms with Gasteiger partial charge < -0.3 is 24.6 Å². The van der Waals surface area contributed by atoms with Gasteiger partial charge in [-0.1, -0.05) is 13.8 Å². The highest BCUT2D eigenvalue weighted by atomic mass is 16.6. The Morgan fingerprint density at radius 2 is 1.53 bits per heavy atom. The number of piperazine rings is 1. The normalized spacial score (nSPS) is 14.5. The largest absolute Gasteiger partial charge is 0.497 e. The maximum Gasteiger partial charge on any atom is 0.269 e. The lowest BCUT2D eigenvalue weighted by molar-refractivity contribution is -0.384. The third kappa shape index (κ3) is 5.75. The molecule has 2 amide bonds. The number of ether oxygens (including phenoxy) is 2. The molecule has 1 N–H and O–H groups in total. The summed E-state index contributed by atoms with van der Waals surface area (Å²) >= 11 is 0. The molecule has 0 saturated carbocycles. The highest BCUT2D eigenvalue weighted by molar-refractivity contribution is 5.98. The predicted octanol–water partition coefficient (Wildman–Crippen LogP) is 2.72. The van der Waals surface area contributed by atoms with E-state index in [9.17, 15) is 19.7 Å². The van der Waals surface area contributed by atoms with Gasteiger partial charge >= 0.3 is 0 Å². The monoisotopic (exact) mass is 470 g/mol. The summed E-state index contributed by atoms with van der Waals surface area (Å²) in [4.78, 5) is 40.5. The van der Waals surface area contributed by atoms with E-state index in [0.717, 1.165) is 5.69 Å². The van der Waals surface area contributed by atoms with Crippen LogP contribution in [0.1, 0.15) is 24.2 Å². The average molecular weight is 471 g/mol. The van der Waals surface area contributed by atoms with Gasteiger partial charge in [0, 0.05) is 55.6 Å². The smallest absolute Gasteiger partial charge is 0.269 e. The molecular weight excluding hydrogens is 440 g/mol. The Kier molecular flexibility index (Phi) is 7.93. The molecule has 3 rings (SSSR count). The molecule has 0 spiro atoms. The van der Waals surface area contributed by atoms with Crippen molar-refractivity contribution in [3.05, 3.63) is 58.1 Å². The number of nitro groups is 1. The standard InChI is InChI=1S/C24H30N4O6/c1-16(2)22(25-23(29)17-13-20(33-3)15-21(14-17)34-4)24(30)27-11-9-26(10-12-27)18-5-7-19(8-6-18)28(31)32/h5-8,13-16,22H,9-12H2,1-4H3,(H,25,29). The molecule has 10 nitrogen and oxygen atoms in total. The van der Waals surface area contributed by atoms with Crippen molar-refractivity contribution < 1.29 is 24.0 Å². The zero-order valence-electron chi connectivity index (χ0n) is 19.8. The number of non-ortho nitro benzene ring substituents is 1. The van der Waals surface area contributed by atoms with Crippen LogP contribution in [-0.2, 0) is 4.79 Å². The van der Waals surface area contributed by atoms with Crippen LogP contribution >= 0.6 is 0 Å². The Hall–Kier alpha value is -3.82. The van der Waals surface area contributed by atoms with Gasteiger partial charge in [-0.05, 0) is 30.2 Å². The molecule has 0 aliphatic carbocycles. The van der Waals surface area contributed by atoms with Crippen molar-refractivity contribution in [1.29, 1.82) is 0 Å². The molecular formula is C24H30N4O6. The summed E-state index contributed by atoms with van der Waals surface area (Å²) in [5.74, 6) is 0.338. The number of nitrogens with zero attached hydrogens (tertiary/aromatic N) is 3. The summed E-state index contributed by atoms with van der Waals surface area (Å²) in [5.41, 5.74) is 1.26. The van der Waals surface area contributed by atoms with E-state index in [4.69, 9.17) is 9.47 Å². The Morgan fingerprint density at radius 1 is 0.971 bits per heavy atom. The van der Waals surface area contributed by atoms with Crippen molar-refractivity contribution in [2.75, 3.05) is 45.3 Å². The van der Waals surface area contributed by atoms with E-state index in [1.54, 1.807) is 35.2 Å². The summed E-state index contributed by atoms with van der Waals surface area (Å²) in [5, 5.41) is 13.7. The van der Waals surface area contributed by atoms with E-state index in [2.05, 4.69) is 10.2 Å². The quantitative estimate of drug-likeness (QED) is 0.466. The second kappa shape index (κ2) is 10.9. The molecule has 0 bridgehead atoms. The van der Waals surface area contributed by atoms with Crippen molar-refractivity contribution in [3.63, 3.8) is 0 Å². The van der Waals surface area contributed by atoms with E-state index in [-0.39, 0.29) is 23.4 Å². The zero-order chi connectivity index (χ0) is 24.8. The second-order valence-electron chi connectivity index (χ2n) is 8.38. The summed E-state index contributed by atoms with van der Waals surface area (Å²) < 4.78 is 10.5. The molecule has 1 saturated heterocycles. The number of methoxy groups -OCH3 is 2. The minimum atomic E-state index is -0.685. The summed E-state index contributed by atoms with van der Waals surface area (Å²) in [6.45, 7) is 5.94. The Morgan fingerprint density at radius 3 is 2.00 bits per heavy atom. The van der Waals surface area contributed by atoms with E-state index in [1.807, 2.05) is 13.8 Å². The first-order valence-electron chi connectivity index (χ1n) is 11.1. The van der Waals surface area contributed by atoms with Gasteiger partial charge in [-0.15, -0.1) is 0 Å². The number of amides is 2. The lowest BCUT2D eigenvalue weighted by atomic mass is 10.0. The fraction of sp³-hybridized carbons (Fsp3) is 0.417. The topological polar surface area (TPSA) is 114 Å². The molecule has 34 heavy (non-hydrogen) atoms. The van der Waals surface area contributed by atoms with Crippen molar-refractivity contribution in [3.8, 4) is 11.5 Å². The van der Waals surface area contributed by atoms with Crippen LogP contribution in [0, 0.1) is 16.0 Å². The van der Waals surface area contributed by atoms with Gasteiger partial charge in [0.05, 0.1) is 19.1 Å². The summed E-state index contributed by atoms with van der Waals surface area (Å²) in [6, 6.07) is 10.6. The van der Waals surface area contributed by atoms with Crippen molar-refractivity contribution >= 4 is 23.2 Å². The van der Waals surface area contributed by atoms with E-state index in [1.165, 1.54) is 26.4 Å². The predicted molar refractivity (Wildman–Crippen MR) is 128 cm³/mol. The number of hydrogen-bond acceptors (Lipinski definition) is 7. The number of anilines is 1. The average Bonchev–Trinajstić information content (AvgIpc) is 2.86. The molecule has 0 aromatic heterocycles. The lowest BCUT2D eigenvalue weighted by Crippen LogP contribution is -2.56. The molecule has 1 fully saturated rings. The van der Waals surface area contributed by atoms with Crippen molar-refractivity contribution in [2.45, 2.75) is 19.9 Å². The highest BCUT2D eigenvalue weighted by Gasteiger charge is 2.31. The molecule has 1 unspecified atom stereocenters. The first-order chi connectivity index (χ1) is 16.2. The van der Waals surface area contributed by atoms with Gasteiger partial charge in [-0.25, -0.2) is 0 Å². The number of benzene rings is 2. The first kappa shape index (κ1) is 24.8. The van der Waals surface area contributed by atoms with Crippen LogP contribution in [-0.4, -0.2) is 68.1 Å². The van der Waals surface area contributed by atoms with Gasteiger partial charge in [0.1, 0.15) is 17.5 Å². The van der Waals surface area contributed by atoms with Gasteiger partial charge in [0.2, 0.25) is 5.91 Å². The minimum absolute atomic E-state index is 0.0433. The van der Waals surface area contributed by atoms with Crippen LogP contribution in [0.15, 0.2) is 42.5 Å². The first-order valence-corrected chi connectivity index (χ1v) is 11.1. The second-order valence-corrected chi connectivity index (χ2v) is 8.38. The third-order valence-electron chi connectivity index (χ3n) is 5.85. The molecule has 1 heterocycles. The van der Waals surface area contributed by atoms with Crippen LogP contribution in [0.25, 0.3) is 0 Å². The van der Waals surface area contributed by atoms with Crippen molar-refractivity contribution in [2.24, 2.45) is 5.92 Å². The molecule has 1 aliphatic rings. The molecule has 182 valence electrons. The fourth-order valence-corrected chi connectivity index (χ4v) is 3.84. The lowest BCUT2D eigenvalue weighted by Gasteiger charge is -2.38. The maximum absolute atomic E-state index is 13.3. The van der Waals surface area contributed by atoms with Gasteiger partial charge in [0.15, 0.2) is 0 Å². The Labute approximate surface area is 198 Å². The van der Waals surface area contributed by atoms with E-state index >= 15 is 0 Å². The molecule has 2 aromatic carbocycles. The number of rotatable bonds is 8. The van der Waals surface area contributed by atoms with E-state index in [0.29, 0.717) is 43.2 Å². The number of carbonyl (C=O) groups is 2. The number of nitro benzene ring substituents is 1. The van der Waals surface area contributed by atoms with Gasteiger partial charge in [-0.2, -0.15) is 0 Å². The van der Waals surface area contributed by atoms with Gasteiger partial charge in [-0.3, -0.25) is 19.7 Å². The van der Waals surface area contributed by atoms with Crippen LogP contribution in [0.2, 0.25) is 0 Å². The molecule has 2 aromatic rings. The van der Waals surface area contributed by atoms with Crippen LogP contribution in [0.5, 0.6) is 11.5 Å². The third-order valence-corrected chi connectivity index (χ3v) is 5.85. The van der Waals surface area contributed by atoms with E-state index < -0.39 is 11.0 Å². The summed E-state index contributed by atoms with van der Waals surface area (Å²) in [6.07, 6.45) is 0. The summed E-state index contributed by atoms with van der Waals surface area (Å²) in [7, 11) is 3.01. The van der Waals surface area contributed by atoms with Crippen LogP contribution < -0.4 is 19.7 Å². The van der Waals surface area contributed by atoms with Crippen LogP contribution in [0.4, 0.5) is 11.4 Å². The Bertz CT molecular complexity index is 1010. The van der Waals surface area contributed by atoms with Gasteiger partial charge in [0.25, 0.3) is 11.6 Å². The SMILES string of the molecule is COc1cc(OC)cc(C(=O)NC(C(=O)N2CCN(c3ccc([N+](=O)[O-])cc3)CC2)C(C)C)c1. The number of nitrogens with one attached hydrogen (secondary N) is 1. The maximum atomic E-state index is 13.3. The Balaban J connectivity index is 1.65. The molecule has 0 radical (unpaired) electrons. The molecule has 1 atom stereocenters. The minimum Gasteiger partial charge on any atom is -0.497 e. The fourth-order valence-electron chi connectivity index (χ4n) is 3.84. The molecule has 10 heteroatoms. The van der Waals surface area contributed by atoms with Crippen molar-refractivity contribution in [1.82, 2.24) is 10.2 Å². The molecule has 1 aliphatic heterocycles. The number of hydrogen-bond donors (Lipinski definition) is 1.